The van der Waals surface area contributed by atoms with Gasteiger partial charge in [0.2, 0.25) is 0 Å². The van der Waals surface area contributed by atoms with Crippen molar-refractivity contribution in [2.45, 2.75) is 45.7 Å². The van der Waals surface area contributed by atoms with Crippen LogP contribution in [0.3, 0.4) is 0 Å². The number of carbonyl (C=O) groups is 2. The number of rotatable bonds is 11. The summed E-state index contributed by atoms with van der Waals surface area (Å²) in [7, 11) is 0. The highest BCUT2D eigenvalue weighted by atomic mass is 32.1. The molecule has 4 aromatic carbocycles. The number of nitrogens with one attached hydrogen (secondary N) is 1. The molecular formula is C35H35N3O3S. The number of aryl methyl sites for hydroxylation is 2. The van der Waals surface area contributed by atoms with E-state index in [4.69, 9.17) is 4.98 Å². The van der Waals surface area contributed by atoms with Crippen LogP contribution >= 0.6 is 12.6 Å². The van der Waals surface area contributed by atoms with Gasteiger partial charge >= 0.3 is 5.97 Å². The Labute approximate surface area is 251 Å². The second kappa shape index (κ2) is 13.1. The van der Waals surface area contributed by atoms with E-state index in [-0.39, 0.29) is 17.5 Å². The summed E-state index contributed by atoms with van der Waals surface area (Å²) in [5.41, 5.74) is 7.42. The van der Waals surface area contributed by atoms with E-state index < -0.39 is 5.97 Å². The molecule has 1 amide bonds. The molecule has 2 N–H and O–H groups in total. The van der Waals surface area contributed by atoms with Crippen LogP contribution in [0.15, 0.2) is 91.0 Å². The van der Waals surface area contributed by atoms with E-state index in [1.807, 2.05) is 73.7 Å². The van der Waals surface area contributed by atoms with Crippen molar-refractivity contribution < 1.29 is 14.7 Å². The molecule has 6 nitrogen and oxygen atoms in total. The molecular weight excluding hydrogens is 542 g/mol. The fourth-order valence-electron chi connectivity index (χ4n) is 5.38. The minimum atomic E-state index is -0.945. The normalized spacial score (nSPS) is 11.9. The predicted molar refractivity (Wildman–Crippen MR) is 172 cm³/mol. The maximum Gasteiger partial charge on any atom is 0.336 e. The highest BCUT2D eigenvalue weighted by Gasteiger charge is 2.19. The lowest BCUT2D eigenvalue weighted by Gasteiger charge is -2.17. The van der Waals surface area contributed by atoms with E-state index in [2.05, 4.69) is 41.6 Å². The van der Waals surface area contributed by atoms with Crippen LogP contribution in [0.25, 0.3) is 22.2 Å². The summed E-state index contributed by atoms with van der Waals surface area (Å²) in [4.78, 5) is 30.1. The first-order chi connectivity index (χ1) is 20.4. The molecule has 5 aromatic rings. The Morgan fingerprint density at radius 3 is 2.36 bits per heavy atom. The molecule has 1 atom stereocenters. The smallest absolute Gasteiger partial charge is 0.336 e. The third-order valence-corrected chi connectivity index (χ3v) is 7.94. The molecule has 0 saturated carbocycles. The Balaban J connectivity index is 1.44. The number of amides is 1. The summed E-state index contributed by atoms with van der Waals surface area (Å²) in [6, 6.07) is 28.9. The molecule has 7 heteroatoms. The van der Waals surface area contributed by atoms with Gasteiger partial charge in [-0.05, 0) is 65.8 Å². The number of nitrogens with zero attached hydrogens (tertiary/aromatic N) is 2. The highest BCUT2D eigenvalue weighted by Crippen LogP contribution is 2.27. The average molecular weight is 578 g/mol. The predicted octanol–water partition coefficient (Wildman–Crippen LogP) is 6.98. The van der Waals surface area contributed by atoms with E-state index in [9.17, 15) is 14.7 Å². The fraction of sp³-hybridized carbons (Fsp3) is 0.229. The number of benzene rings is 4. The van der Waals surface area contributed by atoms with Gasteiger partial charge in [-0.3, -0.25) is 4.79 Å². The number of hydrogen-bond donors (Lipinski definition) is 3. The van der Waals surface area contributed by atoms with Gasteiger partial charge in [-0.2, -0.15) is 12.6 Å². The van der Waals surface area contributed by atoms with Crippen LogP contribution in [-0.4, -0.2) is 38.3 Å². The molecule has 1 aromatic heterocycles. The first-order valence-electron chi connectivity index (χ1n) is 14.2. The number of thiol groups is 1. The Morgan fingerprint density at radius 2 is 1.67 bits per heavy atom. The van der Waals surface area contributed by atoms with Crippen molar-refractivity contribution in [3.63, 3.8) is 0 Å². The van der Waals surface area contributed by atoms with E-state index in [1.54, 1.807) is 12.1 Å². The van der Waals surface area contributed by atoms with E-state index in [0.29, 0.717) is 29.8 Å². The molecule has 5 rings (SSSR count). The van der Waals surface area contributed by atoms with Crippen LogP contribution < -0.4 is 5.32 Å². The van der Waals surface area contributed by atoms with Gasteiger partial charge in [0.1, 0.15) is 5.82 Å². The number of carboxylic acids is 1. The van der Waals surface area contributed by atoms with Gasteiger partial charge in [-0.1, -0.05) is 79.7 Å². The number of aromatic carboxylic acids is 1. The zero-order valence-corrected chi connectivity index (χ0v) is 24.8. The zero-order chi connectivity index (χ0) is 29.6. The lowest BCUT2D eigenvalue weighted by atomic mass is 9.98. The minimum absolute atomic E-state index is 0.0930. The standard InChI is InChI=1S/C35H35N3O3S/c1-3-9-32-37-33-23(2)18-27(34(39)36-28(22-42)19-24-10-5-4-6-11-24)20-31(33)38(32)21-25-14-16-26(17-15-25)29-12-7-8-13-30(29)35(40)41/h4-8,10-18,20,28,42H,3,9,19,21-22H2,1-2H3,(H,36,39)(H,40,41)/t28-/m1/s1. The Bertz CT molecular complexity index is 1710. The van der Waals surface area contributed by atoms with Gasteiger partial charge in [0.05, 0.1) is 16.6 Å². The molecule has 0 radical (unpaired) electrons. The Hall–Kier alpha value is -4.36. The third-order valence-electron chi connectivity index (χ3n) is 7.50. The van der Waals surface area contributed by atoms with Crippen molar-refractivity contribution in [2.24, 2.45) is 0 Å². The maximum atomic E-state index is 13.4. The molecule has 0 fully saturated rings. The Kier molecular flexibility index (Phi) is 9.08. The summed E-state index contributed by atoms with van der Waals surface area (Å²) in [5, 5.41) is 12.8. The summed E-state index contributed by atoms with van der Waals surface area (Å²) in [6.07, 6.45) is 2.48. The second-order valence-electron chi connectivity index (χ2n) is 10.6. The lowest BCUT2D eigenvalue weighted by Crippen LogP contribution is -2.37. The zero-order valence-electron chi connectivity index (χ0n) is 23.9. The first kappa shape index (κ1) is 29.1. The number of fused-ring (bicyclic) bond motifs is 1. The maximum absolute atomic E-state index is 13.4. The number of aromatic nitrogens is 2. The number of carboxylic acid groups (broad SMARTS) is 1. The molecule has 0 unspecified atom stereocenters. The molecule has 0 aliphatic rings. The van der Waals surface area contributed by atoms with E-state index in [1.165, 1.54) is 0 Å². The lowest BCUT2D eigenvalue weighted by molar-refractivity contribution is 0.0697. The van der Waals surface area contributed by atoms with Gasteiger partial charge in [0, 0.05) is 30.3 Å². The van der Waals surface area contributed by atoms with Crippen LogP contribution in [0.1, 0.15) is 56.6 Å². The van der Waals surface area contributed by atoms with Crippen LogP contribution in [0, 0.1) is 6.92 Å². The monoisotopic (exact) mass is 577 g/mol. The van der Waals surface area contributed by atoms with Crippen molar-refractivity contribution in [1.29, 1.82) is 0 Å². The topological polar surface area (TPSA) is 84.2 Å². The van der Waals surface area contributed by atoms with Crippen molar-refractivity contribution >= 4 is 35.5 Å². The largest absolute Gasteiger partial charge is 0.478 e. The third kappa shape index (κ3) is 6.42. The molecule has 0 aliphatic carbocycles. The molecule has 0 bridgehead atoms. The number of hydrogen-bond acceptors (Lipinski definition) is 4. The van der Waals surface area contributed by atoms with Gasteiger partial charge in [-0.15, -0.1) is 0 Å². The van der Waals surface area contributed by atoms with E-state index >= 15 is 0 Å². The number of imidazole rings is 1. The van der Waals surface area contributed by atoms with Gasteiger partial charge < -0.3 is 15.0 Å². The molecule has 0 aliphatic heterocycles. The molecule has 0 saturated heterocycles. The molecule has 1 heterocycles. The van der Waals surface area contributed by atoms with Crippen LogP contribution in [0.4, 0.5) is 0 Å². The quantitative estimate of drug-likeness (QED) is 0.148. The van der Waals surface area contributed by atoms with Gasteiger partial charge in [-0.25, -0.2) is 9.78 Å². The van der Waals surface area contributed by atoms with Crippen molar-refractivity contribution in [1.82, 2.24) is 14.9 Å². The molecule has 42 heavy (non-hydrogen) atoms. The minimum Gasteiger partial charge on any atom is -0.478 e. The SMILES string of the molecule is CCCc1nc2c(C)cc(C(=O)N[C@@H](CS)Cc3ccccc3)cc2n1Cc1ccc(-c2ccccc2C(=O)O)cc1. The molecule has 214 valence electrons. The second-order valence-corrected chi connectivity index (χ2v) is 11.0. The summed E-state index contributed by atoms with van der Waals surface area (Å²) < 4.78 is 2.20. The summed E-state index contributed by atoms with van der Waals surface area (Å²) in [6.45, 7) is 4.72. The van der Waals surface area contributed by atoms with Crippen molar-refractivity contribution in [3.8, 4) is 11.1 Å². The van der Waals surface area contributed by atoms with Gasteiger partial charge in [0.25, 0.3) is 5.91 Å². The number of carbonyl (C=O) groups excluding carboxylic acids is 1. The summed E-state index contributed by atoms with van der Waals surface area (Å²) in [5.74, 6) is 0.444. The van der Waals surface area contributed by atoms with Crippen molar-refractivity contribution in [2.75, 3.05) is 5.75 Å². The van der Waals surface area contributed by atoms with Crippen LogP contribution in [0.5, 0.6) is 0 Å². The average Bonchev–Trinajstić information content (AvgIpc) is 3.35. The highest BCUT2D eigenvalue weighted by molar-refractivity contribution is 7.80. The summed E-state index contributed by atoms with van der Waals surface area (Å²) >= 11 is 4.50. The molecule has 0 spiro atoms. The first-order valence-corrected chi connectivity index (χ1v) is 14.9. The van der Waals surface area contributed by atoms with Crippen LogP contribution in [0.2, 0.25) is 0 Å². The van der Waals surface area contributed by atoms with Crippen molar-refractivity contribution in [3.05, 3.63) is 125 Å². The fourth-order valence-corrected chi connectivity index (χ4v) is 5.61. The van der Waals surface area contributed by atoms with E-state index in [0.717, 1.165) is 52.0 Å². The van der Waals surface area contributed by atoms with Crippen LogP contribution in [-0.2, 0) is 19.4 Å². The van der Waals surface area contributed by atoms with Gasteiger partial charge in [0.15, 0.2) is 0 Å². The Morgan fingerprint density at radius 1 is 0.952 bits per heavy atom.